The average molecular weight is 314 g/mol. The lowest BCUT2D eigenvalue weighted by atomic mass is 10.2. The minimum Gasteiger partial charge on any atom is -0.457 e. The maximum Gasteiger partial charge on any atom is 0.145 e. The van der Waals surface area contributed by atoms with Crippen molar-refractivity contribution in [3.8, 4) is 11.5 Å². The summed E-state index contributed by atoms with van der Waals surface area (Å²) >= 11 is 11.8. The SMILES string of the molecule is CCNCc1c(Cl)cccc1Oc1ccc(Cl)c(F)c1. The summed E-state index contributed by atoms with van der Waals surface area (Å²) in [7, 11) is 0. The van der Waals surface area contributed by atoms with Gasteiger partial charge in [-0.2, -0.15) is 0 Å². The van der Waals surface area contributed by atoms with Crippen molar-refractivity contribution in [2.45, 2.75) is 13.5 Å². The lowest BCUT2D eigenvalue weighted by Gasteiger charge is -2.13. The van der Waals surface area contributed by atoms with Crippen LogP contribution in [0.4, 0.5) is 4.39 Å². The maximum atomic E-state index is 13.4. The Morgan fingerprint density at radius 1 is 1.15 bits per heavy atom. The molecule has 2 aromatic carbocycles. The molecule has 106 valence electrons. The van der Waals surface area contributed by atoms with Crippen molar-refractivity contribution in [1.29, 1.82) is 0 Å². The molecule has 0 fully saturated rings. The van der Waals surface area contributed by atoms with E-state index >= 15 is 0 Å². The smallest absolute Gasteiger partial charge is 0.145 e. The fourth-order valence-electron chi connectivity index (χ4n) is 1.72. The van der Waals surface area contributed by atoms with E-state index in [0.717, 1.165) is 12.1 Å². The predicted molar refractivity (Wildman–Crippen MR) is 80.3 cm³/mol. The van der Waals surface area contributed by atoms with Crippen LogP contribution in [-0.2, 0) is 6.54 Å². The van der Waals surface area contributed by atoms with Crippen LogP contribution < -0.4 is 10.1 Å². The molecule has 0 spiro atoms. The molecule has 1 N–H and O–H groups in total. The molecule has 0 unspecified atom stereocenters. The second-order valence-corrected chi connectivity index (χ2v) is 4.99. The summed E-state index contributed by atoms with van der Waals surface area (Å²) in [6.07, 6.45) is 0. The molecule has 0 saturated carbocycles. The molecule has 0 heterocycles. The summed E-state index contributed by atoms with van der Waals surface area (Å²) in [6, 6.07) is 9.71. The molecular formula is C15H14Cl2FNO. The Hall–Kier alpha value is -1.29. The fourth-order valence-corrected chi connectivity index (χ4v) is 2.07. The molecule has 0 atom stereocenters. The Labute approximate surface area is 127 Å². The van der Waals surface area contributed by atoms with Gasteiger partial charge in [-0.05, 0) is 30.8 Å². The topological polar surface area (TPSA) is 21.3 Å². The summed E-state index contributed by atoms with van der Waals surface area (Å²) in [5.41, 5.74) is 0.839. The van der Waals surface area contributed by atoms with Crippen molar-refractivity contribution in [3.63, 3.8) is 0 Å². The van der Waals surface area contributed by atoms with Crippen LogP contribution in [0.25, 0.3) is 0 Å². The van der Waals surface area contributed by atoms with Crippen molar-refractivity contribution in [3.05, 3.63) is 57.8 Å². The Morgan fingerprint density at radius 2 is 1.95 bits per heavy atom. The van der Waals surface area contributed by atoms with Crippen molar-refractivity contribution >= 4 is 23.2 Å². The third-order valence-corrected chi connectivity index (χ3v) is 3.41. The van der Waals surface area contributed by atoms with Gasteiger partial charge in [0.1, 0.15) is 17.3 Å². The van der Waals surface area contributed by atoms with Crippen molar-refractivity contribution < 1.29 is 9.13 Å². The summed E-state index contributed by atoms with van der Waals surface area (Å²) in [6.45, 7) is 3.41. The molecule has 0 saturated heterocycles. The second kappa shape index (κ2) is 6.93. The van der Waals surface area contributed by atoms with E-state index in [9.17, 15) is 4.39 Å². The zero-order chi connectivity index (χ0) is 14.5. The van der Waals surface area contributed by atoms with Gasteiger partial charge in [-0.1, -0.05) is 36.2 Å². The van der Waals surface area contributed by atoms with Gasteiger partial charge in [-0.3, -0.25) is 0 Å². The highest BCUT2D eigenvalue weighted by molar-refractivity contribution is 6.31. The lowest BCUT2D eigenvalue weighted by Crippen LogP contribution is -2.12. The normalized spacial score (nSPS) is 10.6. The van der Waals surface area contributed by atoms with Crippen LogP contribution in [0.5, 0.6) is 11.5 Å². The molecule has 0 aliphatic heterocycles. The quantitative estimate of drug-likeness (QED) is 0.835. The molecule has 5 heteroatoms. The zero-order valence-electron chi connectivity index (χ0n) is 10.9. The molecule has 0 radical (unpaired) electrons. The molecule has 0 aromatic heterocycles. The highest BCUT2D eigenvalue weighted by atomic mass is 35.5. The van der Waals surface area contributed by atoms with Crippen LogP contribution in [0.15, 0.2) is 36.4 Å². The first-order valence-corrected chi connectivity index (χ1v) is 6.98. The van der Waals surface area contributed by atoms with Gasteiger partial charge < -0.3 is 10.1 Å². The van der Waals surface area contributed by atoms with Gasteiger partial charge in [0, 0.05) is 23.2 Å². The molecule has 2 rings (SSSR count). The minimum atomic E-state index is -0.514. The molecule has 0 aliphatic carbocycles. The largest absolute Gasteiger partial charge is 0.457 e. The summed E-state index contributed by atoms with van der Waals surface area (Å²) in [5, 5.41) is 3.87. The number of benzene rings is 2. The maximum absolute atomic E-state index is 13.4. The molecular weight excluding hydrogens is 300 g/mol. The molecule has 0 bridgehead atoms. The van der Waals surface area contributed by atoms with Gasteiger partial charge in [0.15, 0.2) is 0 Å². The Kier molecular flexibility index (Phi) is 5.24. The Morgan fingerprint density at radius 3 is 2.65 bits per heavy atom. The highest BCUT2D eigenvalue weighted by Gasteiger charge is 2.10. The minimum absolute atomic E-state index is 0.0660. The van der Waals surface area contributed by atoms with Crippen LogP contribution in [0.2, 0.25) is 10.0 Å². The summed E-state index contributed by atoms with van der Waals surface area (Å²) in [5.74, 6) is 0.464. The van der Waals surface area contributed by atoms with Crippen LogP contribution in [0.1, 0.15) is 12.5 Å². The monoisotopic (exact) mass is 313 g/mol. The molecule has 2 nitrogen and oxygen atoms in total. The highest BCUT2D eigenvalue weighted by Crippen LogP contribution is 2.31. The first kappa shape index (κ1) is 15.1. The lowest BCUT2D eigenvalue weighted by molar-refractivity contribution is 0.468. The van der Waals surface area contributed by atoms with Crippen LogP contribution in [0, 0.1) is 5.82 Å². The zero-order valence-corrected chi connectivity index (χ0v) is 12.4. The standard InChI is InChI=1S/C15H14Cl2FNO/c1-2-19-9-11-12(16)4-3-5-15(11)20-10-6-7-13(17)14(18)8-10/h3-8,19H,2,9H2,1H3. The van der Waals surface area contributed by atoms with E-state index < -0.39 is 5.82 Å². The van der Waals surface area contributed by atoms with Crippen molar-refractivity contribution in [1.82, 2.24) is 5.32 Å². The average Bonchev–Trinajstić information content (AvgIpc) is 2.42. The molecule has 0 amide bonds. The predicted octanol–water partition coefficient (Wildman–Crippen LogP) is 5.03. The van der Waals surface area contributed by atoms with E-state index in [1.807, 2.05) is 6.92 Å². The van der Waals surface area contributed by atoms with Gasteiger partial charge >= 0.3 is 0 Å². The fraction of sp³-hybridized carbons (Fsp3) is 0.200. The van der Waals surface area contributed by atoms with E-state index in [0.29, 0.717) is 23.1 Å². The Bertz CT molecular complexity index is 604. The Balaban J connectivity index is 2.28. The summed E-state index contributed by atoms with van der Waals surface area (Å²) in [4.78, 5) is 0. The van der Waals surface area contributed by atoms with E-state index in [1.165, 1.54) is 12.1 Å². The molecule has 2 aromatic rings. The number of halogens is 3. The van der Waals surface area contributed by atoms with Crippen molar-refractivity contribution in [2.75, 3.05) is 6.54 Å². The van der Waals surface area contributed by atoms with E-state index in [1.54, 1.807) is 24.3 Å². The van der Waals surface area contributed by atoms with E-state index in [-0.39, 0.29) is 5.02 Å². The van der Waals surface area contributed by atoms with E-state index in [2.05, 4.69) is 5.32 Å². The van der Waals surface area contributed by atoms with Crippen LogP contribution in [0.3, 0.4) is 0 Å². The van der Waals surface area contributed by atoms with Crippen LogP contribution in [-0.4, -0.2) is 6.54 Å². The van der Waals surface area contributed by atoms with E-state index in [4.69, 9.17) is 27.9 Å². The molecule has 20 heavy (non-hydrogen) atoms. The number of nitrogens with one attached hydrogen (secondary N) is 1. The third-order valence-electron chi connectivity index (χ3n) is 2.75. The summed E-state index contributed by atoms with van der Waals surface area (Å²) < 4.78 is 19.1. The molecule has 0 aliphatic rings. The number of rotatable bonds is 5. The number of hydrogen-bond acceptors (Lipinski definition) is 2. The van der Waals surface area contributed by atoms with Gasteiger partial charge in [0.25, 0.3) is 0 Å². The first-order valence-electron chi connectivity index (χ1n) is 6.23. The van der Waals surface area contributed by atoms with Crippen LogP contribution >= 0.6 is 23.2 Å². The van der Waals surface area contributed by atoms with Crippen molar-refractivity contribution in [2.24, 2.45) is 0 Å². The number of hydrogen-bond donors (Lipinski definition) is 1. The van der Waals surface area contributed by atoms with Gasteiger partial charge in [0.2, 0.25) is 0 Å². The third kappa shape index (κ3) is 3.63. The van der Waals surface area contributed by atoms with Gasteiger partial charge in [-0.25, -0.2) is 4.39 Å². The van der Waals surface area contributed by atoms with Gasteiger partial charge in [-0.15, -0.1) is 0 Å². The number of ether oxygens (including phenoxy) is 1. The second-order valence-electron chi connectivity index (χ2n) is 4.17. The van der Waals surface area contributed by atoms with Gasteiger partial charge in [0.05, 0.1) is 5.02 Å². The first-order chi connectivity index (χ1) is 9.61.